The van der Waals surface area contributed by atoms with Gasteiger partial charge in [0.15, 0.2) is 6.10 Å². The molecule has 0 aromatic rings. The van der Waals surface area contributed by atoms with Crippen molar-refractivity contribution in [2.75, 3.05) is 26.4 Å². The van der Waals surface area contributed by atoms with Gasteiger partial charge in [-0.3, -0.25) is 18.6 Å². The Morgan fingerprint density at radius 2 is 0.658 bits per heavy atom. The molecule has 0 aliphatic heterocycles. The van der Waals surface area contributed by atoms with Crippen molar-refractivity contribution in [1.29, 1.82) is 0 Å². The number of unbranched alkanes of at least 4 members (excludes halogenated alkanes) is 17. The van der Waals surface area contributed by atoms with E-state index < -0.39 is 32.5 Å². The number of allylic oxidation sites excluding steroid dienone is 26. The third-order valence-corrected chi connectivity index (χ3v) is 13.4. The van der Waals surface area contributed by atoms with Crippen LogP contribution in [0.3, 0.4) is 0 Å². The molecule has 0 aliphatic rings. The van der Waals surface area contributed by atoms with E-state index in [4.69, 9.17) is 24.3 Å². The van der Waals surface area contributed by atoms with Gasteiger partial charge >= 0.3 is 19.8 Å². The maximum Gasteiger partial charge on any atom is 0.472 e. The van der Waals surface area contributed by atoms with Gasteiger partial charge in [-0.15, -0.1) is 0 Å². The lowest BCUT2D eigenvalue weighted by molar-refractivity contribution is -0.161. The van der Waals surface area contributed by atoms with Crippen LogP contribution in [0.5, 0.6) is 0 Å². The van der Waals surface area contributed by atoms with Gasteiger partial charge in [0.2, 0.25) is 0 Å². The van der Waals surface area contributed by atoms with E-state index in [-0.39, 0.29) is 32.6 Å². The number of nitrogens with two attached hydrogens (primary N) is 1. The number of carbonyl (C=O) groups excluding carboxylic acids is 2. The minimum atomic E-state index is -4.41. The Bertz CT molecular complexity index is 1850. The highest BCUT2D eigenvalue weighted by Gasteiger charge is 2.26. The van der Waals surface area contributed by atoms with Gasteiger partial charge in [0.1, 0.15) is 6.61 Å². The van der Waals surface area contributed by atoms with E-state index in [0.29, 0.717) is 6.42 Å². The molecule has 9 nitrogen and oxygen atoms in total. The van der Waals surface area contributed by atoms with Gasteiger partial charge in [-0.2, -0.15) is 0 Å². The number of esters is 2. The number of hydrogen-bond donors (Lipinski definition) is 2. The van der Waals surface area contributed by atoms with Gasteiger partial charge in [-0.05, 0) is 122 Å². The fraction of sp³-hybridized carbons (Fsp3) is 0.594. The largest absolute Gasteiger partial charge is 0.472 e. The lowest BCUT2D eigenvalue weighted by Gasteiger charge is -2.19. The molecule has 2 atom stereocenters. The maximum absolute atomic E-state index is 12.7. The van der Waals surface area contributed by atoms with Crippen LogP contribution < -0.4 is 5.73 Å². The fourth-order valence-electron chi connectivity index (χ4n) is 7.91. The molecular formula is C69H112NO8P. The Kier molecular flexibility index (Phi) is 59.3. The molecule has 0 fully saturated rings. The molecule has 0 radical (unpaired) electrons. The molecule has 0 saturated carbocycles. The van der Waals surface area contributed by atoms with Gasteiger partial charge in [0, 0.05) is 19.4 Å². The van der Waals surface area contributed by atoms with E-state index in [0.717, 1.165) is 128 Å². The second-order valence-corrected chi connectivity index (χ2v) is 21.3. The van der Waals surface area contributed by atoms with Crippen molar-refractivity contribution in [2.45, 2.75) is 238 Å². The number of ether oxygens (including phenoxy) is 2. The topological polar surface area (TPSA) is 134 Å². The van der Waals surface area contributed by atoms with Crippen LogP contribution >= 0.6 is 7.82 Å². The molecule has 0 amide bonds. The number of phosphoric acid groups is 1. The number of hydrogen-bond acceptors (Lipinski definition) is 8. The van der Waals surface area contributed by atoms with E-state index in [2.05, 4.69) is 172 Å². The minimum Gasteiger partial charge on any atom is -0.462 e. The van der Waals surface area contributed by atoms with Crippen molar-refractivity contribution in [3.63, 3.8) is 0 Å². The zero-order chi connectivity index (χ0) is 57.3. The summed E-state index contributed by atoms with van der Waals surface area (Å²) in [6, 6.07) is 0. The fourth-order valence-corrected chi connectivity index (χ4v) is 8.68. The summed E-state index contributed by atoms with van der Waals surface area (Å²) in [6.45, 7) is 3.47. The van der Waals surface area contributed by atoms with Gasteiger partial charge in [-0.1, -0.05) is 255 Å². The summed E-state index contributed by atoms with van der Waals surface area (Å²) in [6.07, 6.45) is 91.6. The molecule has 0 rings (SSSR count). The summed E-state index contributed by atoms with van der Waals surface area (Å²) in [5, 5.41) is 0. The molecule has 2 unspecified atom stereocenters. The Labute approximate surface area is 483 Å². The summed E-state index contributed by atoms with van der Waals surface area (Å²) in [5.41, 5.74) is 5.39. The zero-order valence-electron chi connectivity index (χ0n) is 49.8. The summed E-state index contributed by atoms with van der Waals surface area (Å²) in [5.74, 6) is -0.876. The molecule has 0 aromatic heterocycles. The van der Waals surface area contributed by atoms with Crippen LogP contribution in [0, 0.1) is 0 Å². The molecular weight excluding hydrogens is 1000 g/mol. The van der Waals surface area contributed by atoms with Gasteiger partial charge < -0.3 is 20.1 Å². The average molecular weight is 1110 g/mol. The Balaban J connectivity index is 4.07. The van der Waals surface area contributed by atoms with E-state index in [1.165, 1.54) is 70.6 Å². The van der Waals surface area contributed by atoms with E-state index in [1.54, 1.807) is 0 Å². The first-order chi connectivity index (χ1) is 38.8. The van der Waals surface area contributed by atoms with E-state index in [1.807, 2.05) is 0 Å². The molecule has 0 aliphatic carbocycles. The first-order valence-corrected chi connectivity index (χ1v) is 32.5. The van der Waals surface area contributed by atoms with Crippen LogP contribution in [0.15, 0.2) is 158 Å². The predicted octanol–water partition coefficient (Wildman–Crippen LogP) is 20.1. The van der Waals surface area contributed by atoms with Crippen molar-refractivity contribution >= 4 is 19.8 Å². The van der Waals surface area contributed by atoms with Gasteiger partial charge in [0.05, 0.1) is 13.2 Å². The van der Waals surface area contributed by atoms with Crippen molar-refractivity contribution in [2.24, 2.45) is 5.73 Å². The molecule has 0 bridgehead atoms. The molecule has 0 aromatic carbocycles. The molecule has 446 valence electrons. The Morgan fingerprint density at radius 1 is 0.380 bits per heavy atom. The standard InChI is InChI=1S/C69H112NO8P/c1-3-5-7-9-11-13-15-17-19-21-23-25-27-29-31-32-33-34-36-38-40-42-44-46-48-50-52-54-56-58-60-62-69(72)78-67(66-77-79(73,74)76-64-63-70)65-75-68(71)61-59-57-55-53-51-49-47-45-43-41-39-37-35-30-28-26-24-22-20-18-16-14-12-10-8-6-4-2/h5-8,11-14,17-20,23-26,29,31,33-34,38,40,44,46,50,52,67H,3-4,9-10,15-16,21-22,27-28,30,32,35-37,39,41-43,45,47-49,51,53-66,70H2,1-2H3,(H,73,74)/b7-5-,8-6-,13-11-,14-12-,19-17-,20-18-,25-23-,26-24-,31-29-,34-33-,40-38-,46-44-,52-50-. The molecule has 10 heteroatoms. The highest BCUT2D eigenvalue weighted by molar-refractivity contribution is 7.47. The van der Waals surface area contributed by atoms with Crippen LogP contribution in [0.1, 0.15) is 232 Å². The highest BCUT2D eigenvalue weighted by atomic mass is 31.2. The second-order valence-electron chi connectivity index (χ2n) is 19.8. The van der Waals surface area contributed by atoms with Crippen LogP contribution in [-0.4, -0.2) is 49.3 Å². The van der Waals surface area contributed by atoms with Crippen molar-refractivity contribution in [3.05, 3.63) is 158 Å². The van der Waals surface area contributed by atoms with E-state index >= 15 is 0 Å². The average Bonchev–Trinajstić information content (AvgIpc) is 3.44. The normalized spacial score (nSPS) is 14.1. The third kappa shape index (κ3) is 62.7. The van der Waals surface area contributed by atoms with Gasteiger partial charge in [0.25, 0.3) is 0 Å². The Hall–Kier alpha value is -4.37. The molecule has 0 spiro atoms. The van der Waals surface area contributed by atoms with E-state index in [9.17, 15) is 19.0 Å². The molecule has 0 heterocycles. The number of carbonyl (C=O) groups is 2. The van der Waals surface area contributed by atoms with Crippen molar-refractivity contribution in [3.8, 4) is 0 Å². The smallest absolute Gasteiger partial charge is 0.462 e. The number of phosphoric ester groups is 1. The minimum absolute atomic E-state index is 0.0392. The third-order valence-electron chi connectivity index (χ3n) is 12.4. The monoisotopic (exact) mass is 1110 g/mol. The zero-order valence-corrected chi connectivity index (χ0v) is 50.7. The summed E-state index contributed by atoms with van der Waals surface area (Å²) < 4.78 is 33.1. The van der Waals surface area contributed by atoms with Crippen molar-refractivity contribution in [1.82, 2.24) is 0 Å². The maximum atomic E-state index is 12.7. The molecule has 79 heavy (non-hydrogen) atoms. The molecule has 3 N–H and O–H groups in total. The first kappa shape index (κ1) is 74.6. The lowest BCUT2D eigenvalue weighted by Crippen LogP contribution is -2.29. The van der Waals surface area contributed by atoms with Crippen LogP contribution in [0.4, 0.5) is 0 Å². The van der Waals surface area contributed by atoms with Crippen LogP contribution in [0.25, 0.3) is 0 Å². The summed E-state index contributed by atoms with van der Waals surface area (Å²) in [7, 11) is -4.41. The van der Waals surface area contributed by atoms with Crippen LogP contribution in [-0.2, 0) is 32.7 Å². The van der Waals surface area contributed by atoms with Crippen LogP contribution in [0.2, 0.25) is 0 Å². The SMILES string of the molecule is CC/C=C\C/C=C\C/C=C\C/C=C\C/C=C\C/C=C\C/C=C\C/C=C\C/C=C\CCCCCC(=O)OC(COC(=O)CCCCCCCCCCCCCCCC/C=C\C/C=C\C/C=C\C/C=C\CC)COP(=O)(O)OCCN. The summed E-state index contributed by atoms with van der Waals surface area (Å²) in [4.78, 5) is 35.3. The lowest BCUT2D eigenvalue weighted by atomic mass is 10.0. The highest BCUT2D eigenvalue weighted by Crippen LogP contribution is 2.43. The molecule has 0 saturated heterocycles. The van der Waals surface area contributed by atoms with Crippen molar-refractivity contribution < 1.29 is 37.6 Å². The summed E-state index contributed by atoms with van der Waals surface area (Å²) >= 11 is 0. The first-order valence-electron chi connectivity index (χ1n) is 31.0. The number of rotatable bonds is 56. The predicted molar refractivity (Wildman–Crippen MR) is 339 cm³/mol. The van der Waals surface area contributed by atoms with Gasteiger partial charge in [-0.25, -0.2) is 4.57 Å². The second kappa shape index (κ2) is 62.8. The Morgan fingerprint density at radius 3 is 0.987 bits per heavy atom. The quantitative estimate of drug-likeness (QED) is 0.0264.